The van der Waals surface area contributed by atoms with Crippen LogP contribution in [0.1, 0.15) is 66.3 Å². The minimum Gasteiger partial charge on any atom is -0.341 e. The maximum atomic E-state index is 13.2. The molecule has 9 nitrogen and oxygen atoms in total. The monoisotopic (exact) mass is 546 g/mol. The molecule has 2 aliphatic carbocycles. The summed E-state index contributed by atoms with van der Waals surface area (Å²) in [7, 11) is -1.72. The van der Waals surface area contributed by atoms with E-state index in [0.717, 1.165) is 49.8 Å². The van der Waals surface area contributed by atoms with E-state index >= 15 is 0 Å². The number of anilines is 1. The van der Waals surface area contributed by atoms with Crippen molar-refractivity contribution in [1.82, 2.24) is 4.90 Å². The lowest BCUT2D eigenvalue weighted by atomic mass is 9.99. The lowest BCUT2D eigenvalue weighted by molar-refractivity contribution is -0.130. The van der Waals surface area contributed by atoms with E-state index in [4.69, 9.17) is 11.6 Å². The van der Waals surface area contributed by atoms with E-state index in [1.807, 2.05) is 0 Å². The Morgan fingerprint density at radius 2 is 1.74 bits per heavy atom. The summed E-state index contributed by atoms with van der Waals surface area (Å²) in [6.45, 7) is 0.373. The second-order valence-electron chi connectivity index (χ2n) is 10.6. The number of rotatable bonds is 9. The largest absolute Gasteiger partial charge is 0.354 e. The molecule has 2 aromatic rings. The molecule has 0 fully saturated rings. The highest BCUT2D eigenvalue weighted by Gasteiger charge is 2.39. The van der Waals surface area contributed by atoms with Crippen LogP contribution in [0.2, 0.25) is 0 Å². The van der Waals surface area contributed by atoms with Crippen LogP contribution >= 0.6 is 0 Å². The second-order valence-corrected chi connectivity index (χ2v) is 12.4. The molecular weight excluding hydrogens is 512 g/mol. The Morgan fingerprint density at radius 3 is 2.33 bits per heavy atom. The van der Waals surface area contributed by atoms with Crippen LogP contribution in [0.15, 0.2) is 49.8 Å². The van der Waals surface area contributed by atoms with E-state index < -0.39 is 21.6 Å². The van der Waals surface area contributed by atoms with Crippen LogP contribution in [0.5, 0.6) is 0 Å². The zero-order valence-corrected chi connectivity index (χ0v) is 23.1. The molecule has 0 spiro atoms. The molecular formula is C29H34N6O3S. The fourth-order valence-electron chi connectivity index (χ4n) is 5.59. The SMILES string of the molecule is C#CCCC1(CCC(=O)N(C)Cc2ccc(S(N)(=O)=NC(=O)Nc3c4c(cc5c3CCC5)CCC4)cc2)N=N1. The molecule has 204 valence electrons. The van der Waals surface area contributed by atoms with Crippen LogP contribution in [0.4, 0.5) is 10.5 Å². The zero-order chi connectivity index (χ0) is 27.6. The Kier molecular flexibility index (Phi) is 7.56. The maximum absolute atomic E-state index is 13.2. The van der Waals surface area contributed by atoms with Gasteiger partial charge in [0.05, 0.1) is 4.90 Å². The third-order valence-corrected chi connectivity index (χ3v) is 9.21. The van der Waals surface area contributed by atoms with Gasteiger partial charge in [-0.25, -0.2) is 14.1 Å². The van der Waals surface area contributed by atoms with Crippen molar-refractivity contribution in [2.24, 2.45) is 19.7 Å². The van der Waals surface area contributed by atoms with Crippen LogP contribution in [-0.4, -0.2) is 33.8 Å². The molecule has 1 unspecified atom stereocenters. The fraction of sp³-hybridized carbons (Fsp3) is 0.448. The minimum absolute atomic E-state index is 0.0235. The number of carbonyl (C=O) groups excluding carboxylic acids is 2. The molecule has 3 N–H and O–H groups in total. The van der Waals surface area contributed by atoms with Gasteiger partial charge in [0.25, 0.3) is 0 Å². The molecule has 10 heteroatoms. The zero-order valence-electron chi connectivity index (χ0n) is 22.2. The summed E-state index contributed by atoms with van der Waals surface area (Å²) in [5.74, 6) is 2.56. The van der Waals surface area contributed by atoms with Gasteiger partial charge in [-0.1, -0.05) is 18.2 Å². The predicted molar refractivity (Wildman–Crippen MR) is 150 cm³/mol. The van der Waals surface area contributed by atoms with Gasteiger partial charge in [0.1, 0.15) is 9.92 Å². The van der Waals surface area contributed by atoms with E-state index in [-0.39, 0.29) is 10.8 Å². The average molecular weight is 547 g/mol. The highest BCUT2D eigenvalue weighted by molar-refractivity contribution is 7.91. The van der Waals surface area contributed by atoms with Gasteiger partial charge in [-0.2, -0.15) is 10.2 Å². The van der Waals surface area contributed by atoms with Crippen LogP contribution in [0, 0.1) is 12.3 Å². The van der Waals surface area contributed by atoms with E-state index in [1.165, 1.54) is 22.3 Å². The predicted octanol–water partition coefficient (Wildman–Crippen LogP) is 4.91. The molecule has 0 bridgehead atoms. The maximum Gasteiger partial charge on any atom is 0.354 e. The molecule has 1 heterocycles. The molecule has 1 atom stereocenters. The number of nitrogens with zero attached hydrogens (tertiary/aromatic N) is 4. The summed E-state index contributed by atoms with van der Waals surface area (Å²) in [5, 5.41) is 17.1. The number of nitrogens with two attached hydrogens (primary N) is 1. The minimum atomic E-state index is -3.45. The number of amides is 3. The number of benzene rings is 2. The van der Waals surface area contributed by atoms with Gasteiger partial charge in [-0.05, 0) is 78.5 Å². The summed E-state index contributed by atoms with van der Waals surface area (Å²) in [5.41, 5.74) is 6.13. The lowest BCUT2D eigenvalue weighted by Gasteiger charge is -2.18. The van der Waals surface area contributed by atoms with Gasteiger partial charge in [0.2, 0.25) is 5.91 Å². The summed E-state index contributed by atoms with van der Waals surface area (Å²) in [4.78, 5) is 27.4. The number of carbonyl (C=O) groups is 2. The highest BCUT2D eigenvalue weighted by Crippen LogP contribution is 2.39. The third-order valence-electron chi connectivity index (χ3n) is 7.82. The Bertz CT molecular complexity index is 1460. The second kappa shape index (κ2) is 10.9. The number of terminal acetylenes is 1. The van der Waals surface area contributed by atoms with Gasteiger partial charge in [0, 0.05) is 45.0 Å². The number of hydrogen-bond donors (Lipinski definition) is 2. The van der Waals surface area contributed by atoms with Crippen molar-refractivity contribution in [2.75, 3.05) is 12.4 Å². The first-order valence-corrected chi connectivity index (χ1v) is 15.0. The normalized spacial score (nSPS) is 17.5. The number of urea groups is 1. The lowest BCUT2D eigenvalue weighted by Crippen LogP contribution is -2.27. The Morgan fingerprint density at radius 1 is 1.10 bits per heavy atom. The number of fused-ring (bicyclic) bond motifs is 2. The van der Waals surface area contributed by atoms with Gasteiger partial charge < -0.3 is 10.2 Å². The molecule has 0 saturated carbocycles. The van der Waals surface area contributed by atoms with Gasteiger partial charge in [-0.3, -0.25) is 4.79 Å². The van der Waals surface area contributed by atoms with Gasteiger partial charge in [0.15, 0.2) is 5.66 Å². The molecule has 0 radical (unpaired) electrons. The number of nitrogens with one attached hydrogen (secondary N) is 1. The van der Waals surface area contributed by atoms with Gasteiger partial charge in [-0.15, -0.1) is 16.7 Å². The summed E-state index contributed by atoms with van der Waals surface area (Å²) in [6, 6.07) is 8.28. The van der Waals surface area contributed by atoms with Crippen molar-refractivity contribution < 1.29 is 13.8 Å². The smallest absolute Gasteiger partial charge is 0.341 e. The quantitative estimate of drug-likeness (QED) is 0.433. The summed E-state index contributed by atoms with van der Waals surface area (Å²) in [6.07, 6.45) is 13.5. The first-order chi connectivity index (χ1) is 18.7. The molecule has 3 aliphatic rings. The molecule has 3 amide bonds. The first kappa shape index (κ1) is 27.0. The van der Waals surface area contributed by atoms with Crippen LogP contribution in [-0.2, 0) is 46.9 Å². The molecule has 1 aliphatic heterocycles. The van der Waals surface area contributed by atoms with Crippen molar-refractivity contribution in [2.45, 2.75) is 81.3 Å². The highest BCUT2D eigenvalue weighted by atomic mass is 32.2. The van der Waals surface area contributed by atoms with E-state index in [1.54, 1.807) is 36.2 Å². The average Bonchev–Trinajstić information content (AvgIpc) is 3.27. The van der Waals surface area contributed by atoms with Gasteiger partial charge >= 0.3 is 6.03 Å². The first-order valence-electron chi connectivity index (χ1n) is 13.4. The molecule has 0 saturated heterocycles. The van der Waals surface area contributed by atoms with Crippen LogP contribution < -0.4 is 10.5 Å². The van der Waals surface area contributed by atoms with Crippen LogP contribution in [0.25, 0.3) is 0 Å². The Balaban J connectivity index is 1.21. The molecule has 0 aromatic heterocycles. The fourth-order valence-corrected chi connectivity index (χ4v) is 6.51. The summed E-state index contributed by atoms with van der Waals surface area (Å²) >= 11 is 0. The van der Waals surface area contributed by atoms with Crippen molar-refractivity contribution in [3.05, 3.63) is 58.1 Å². The van der Waals surface area contributed by atoms with Crippen LogP contribution in [0.3, 0.4) is 0 Å². The van der Waals surface area contributed by atoms with Crippen molar-refractivity contribution in [3.63, 3.8) is 0 Å². The van der Waals surface area contributed by atoms with Crippen molar-refractivity contribution >= 4 is 27.5 Å². The van der Waals surface area contributed by atoms with Crippen molar-refractivity contribution in [3.8, 4) is 12.3 Å². The Labute approximate surface area is 230 Å². The topological polar surface area (TPSA) is 130 Å². The molecule has 2 aromatic carbocycles. The molecule has 39 heavy (non-hydrogen) atoms. The van der Waals surface area contributed by atoms with Crippen molar-refractivity contribution in [1.29, 1.82) is 0 Å². The number of aryl methyl sites for hydroxylation is 2. The van der Waals surface area contributed by atoms with E-state index in [2.05, 4.69) is 31.9 Å². The third kappa shape index (κ3) is 6.05. The standard InChI is InChI=1S/C29H34N6O3S/c1-3-4-16-29(33-34-29)17-15-26(36)35(2)19-20-11-13-23(14-12-20)39(30,38)32-28(37)31-27-24-9-5-7-21(24)18-22-8-6-10-25(22)27/h1,11-14,18H,4-10,15-17,19H2,2H3,(H3,30,31,32,37,38). The van der Waals surface area contributed by atoms with E-state index in [0.29, 0.717) is 32.2 Å². The van der Waals surface area contributed by atoms with E-state index in [9.17, 15) is 13.8 Å². The number of hydrogen-bond acceptors (Lipinski definition) is 5. The molecule has 5 rings (SSSR count). The summed E-state index contributed by atoms with van der Waals surface area (Å²) < 4.78 is 17.1. The Hall–Kier alpha value is -3.55.